The first-order valence-electron chi connectivity index (χ1n) is 3.43. The fourth-order valence-electron chi connectivity index (χ4n) is 0.705. The average Bonchev–Trinajstić information content (AvgIpc) is 2.06. The van der Waals surface area contributed by atoms with Crippen LogP contribution >= 0.6 is 0 Å². The summed E-state index contributed by atoms with van der Waals surface area (Å²) in [5, 5.41) is 35.0. The van der Waals surface area contributed by atoms with Crippen molar-refractivity contribution in [2.75, 3.05) is 26.4 Å². The summed E-state index contributed by atoms with van der Waals surface area (Å²) in [6.45, 7) is 0.400. The van der Waals surface area contributed by atoms with Crippen LogP contribution in [0.15, 0.2) is 0 Å². The maximum absolute atomic E-state index is 8.81. The summed E-state index contributed by atoms with van der Waals surface area (Å²) in [6, 6.07) is 0. The molecular formula is C7H15O4. The molecule has 0 unspecified atom stereocenters. The van der Waals surface area contributed by atoms with Gasteiger partial charge in [-0.1, -0.05) is 6.92 Å². The zero-order chi connectivity index (χ0) is 8.91. The Morgan fingerprint density at radius 3 is 1.45 bits per heavy atom. The third-order valence-corrected chi connectivity index (χ3v) is 1.93. The maximum Gasteiger partial charge on any atom is 0.0523 e. The van der Waals surface area contributed by atoms with Gasteiger partial charge in [-0.15, -0.1) is 0 Å². The van der Waals surface area contributed by atoms with Crippen LogP contribution in [0.25, 0.3) is 0 Å². The Kier molecular flexibility index (Phi) is 4.60. The van der Waals surface area contributed by atoms with Crippen molar-refractivity contribution < 1.29 is 20.4 Å². The monoisotopic (exact) mass is 163 g/mol. The molecule has 0 bridgehead atoms. The van der Waals surface area contributed by atoms with Crippen molar-refractivity contribution in [3.63, 3.8) is 0 Å². The normalized spacial score (nSPS) is 12.5. The lowest BCUT2D eigenvalue weighted by Gasteiger charge is -2.31. The molecule has 1 radical (unpaired) electrons. The molecule has 4 N–H and O–H groups in total. The van der Waals surface area contributed by atoms with Crippen LogP contribution in [0.3, 0.4) is 0 Å². The van der Waals surface area contributed by atoms with Gasteiger partial charge in [-0.3, -0.25) is 0 Å². The fourth-order valence-corrected chi connectivity index (χ4v) is 0.705. The molecule has 0 spiro atoms. The highest BCUT2D eigenvalue weighted by Gasteiger charge is 2.32. The van der Waals surface area contributed by atoms with Crippen LogP contribution in [-0.2, 0) is 0 Å². The minimum absolute atomic E-state index is 0.278. The molecule has 0 aromatic heterocycles. The molecule has 0 aliphatic carbocycles. The van der Waals surface area contributed by atoms with Crippen molar-refractivity contribution in [2.24, 2.45) is 5.41 Å². The van der Waals surface area contributed by atoms with E-state index in [2.05, 4.69) is 0 Å². The molecule has 4 heteroatoms. The zero-order valence-electron chi connectivity index (χ0n) is 6.62. The predicted molar refractivity (Wildman–Crippen MR) is 39.7 cm³/mol. The Labute approximate surface area is 66.1 Å². The van der Waals surface area contributed by atoms with Crippen molar-refractivity contribution in [3.8, 4) is 0 Å². The quantitative estimate of drug-likeness (QED) is 0.399. The average molecular weight is 163 g/mol. The molecule has 0 fully saturated rings. The lowest BCUT2D eigenvalue weighted by molar-refractivity contribution is 0.0497. The molecule has 0 rings (SSSR count). The smallest absolute Gasteiger partial charge is 0.0523 e. The van der Waals surface area contributed by atoms with Gasteiger partial charge in [-0.05, 0) is 0 Å². The van der Waals surface area contributed by atoms with Crippen LogP contribution in [0.5, 0.6) is 0 Å². The van der Waals surface area contributed by atoms with Gasteiger partial charge < -0.3 is 20.4 Å². The van der Waals surface area contributed by atoms with E-state index in [1.165, 1.54) is 0 Å². The molecule has 0 saturated carbocycles. The van der Waals surface area contributed by atoms with Crippen LogP contribution < -0.4 is 0 Å². The summed E-state index contributed by atoms with van der Waals surface area (Å²) >= 11 is 0. The third kappa shape index (κ3) is 2.41. The fraction of sp³-hybridized carbons (Fsp3) is 0.857. The topological polar surface area (TPSA) is 80.9 Å². The van der Waals surface area contributed by atoms with E-state index in [1.54, 1.807) is 6.92 Å². The number of aliphatic hydroxyl groups is 4. The Hall–Kier alpha value is -0.160. The molecule has 0 aliphatic rings. The lowest BCUT2D eigenvalue weighted by atomic mass is 9.79. The maximum atomic E-state index is 8.81. The number of hydrogen-bond acceptors (Lipinski definition) is 4. The number of hydrogen-bond donors (Lipinski definition) is 4. The van der Waals surface area contributed by atoms with Gasteiger partial charge in [0.05, 0.1) is 26.4 Å². The molecule has 0 aromatic rings. The second-order valence-electron chi connectivity index (χ2n) is 2.80. The van der Waals surface area contributed by atoms with Crippen LogP contribution in [0.2, 0.25) is 0 Å². The largest absolute Gasteiger partial charge is 0.396 e. The summed E-state index contributed by atoms with van der Waals surface area (Å²) in [5.41, 5.74) is -0.872. The predicted octanol–water partition coefficient (Wildman–Crippen LogP) is -1.46. The van der Waals surface area contributed by atoms with Gasteiger partial charge in [0.1, 0.15) is 0 Å². The van der Waals surface area contributed by atoms with Gasteiger partial charge in [-0.2, -0.15) is 0 Å². The van der Waals surface area contributed by atoms with Gasteiger partial charge in [0.15, 0.2) is 0 Å². The lowest BCUT2D eigenvalue weighted by Crippen LogP contribution is -2.37. The minimum Gasteiger partial charge on any atom is -0.396 e. The Morgan fingerprint density at radius 2 is 1.36 bits per heavy atom. The molecule has 0 atom stereocenters. The number of rotatable bonds is 5. The van der Waals surface area contributed by atoms with Crippen LogP contribution in [0.4, 0.5) is 0 Å². The van der Waals surface area contributed by atoms with E-state index >= 15 is 0 Å². The van der Waals surface area contributed by atoms with Crippen LogP contribution in [0, 0.1) is 11.3 Å². The van der Waals surface area contributed by atoms with E-state index in [0.29, 0.717) is 5.92 Å². The minimum atomic E-state index is -0.872. The van der Waals surface area contributed by atoms with Gasteiger partial charge in [0.25, 0.3) is 0 Å². The van der Waals surface area contributed by atoms with Crippen molar-refractivity contribution in [2.45, 2.75) is 6.92 Å². The first-order valence-corrected chi connectivity index (χ1v) is 3.43. The van der Waals surface area contributed by atoms with Gasteiger partial charge in [-0.25, -0.2) is 0 Å². The van der Waals surface area contributed by atoms with Gasteiger partial charge in [0, 0.05) is 11.3 Å². The SMILES string of the molecule is CC(CO)(CO)[C](CO)CO. The Morgan fingerprint density at radius 1 is 1.00 bits per heavy atom. The molecule has 0 aliphatic heterocycles. The summed E-state index contributed by atoms with van der Waals surface area (Å²) < 4.78 is 0. The van der Waals surface area contributed by atoms with Crippen LogP contribution in [-0.4, -0.2) is 46.9 Å². The number of aliphatic hydroxyl groups excluding tert-OH is 4. The summed E-state index contributed by atoms with van der Waals surface area (Å²) in [6.07, 6.45) is 0. The molecule has 67 valence electrons. The molecular weight excluding hydrogens is 148 g/mol. The molecule has 0 amide bonds. The van der Waals surface area contributed by atoms with E-state index < -0.39 is 5.41 Å². The zero-order valence-corrected chi connectivity index (χ0v) is 6.62. The Bertz CT molecular complexity index is 96.6. The van der Waals surface area contributed by atoms with E-state index in [-0.39, 0.29) is 26.4 Å². The highest BCUT2D eigenvalue weighted by Crippen LogP contribution is 2.27. The summed E-state index contributed by atoms with van der Waals surface area (Å²) in [4.78, 5) is 0. The van der Waals surface area contributed by atoms with Crippen molar-refractivity contribution in [1.82, 2.24) is 0 Å². The first-order chi connectivity index (χ1) is 5.14. The second kappa shape index (κ2) is 4.66. The van der Waals surface area contributed by atoms with Crippen molar-refractivity contribution in [1.29, 1.82) is 0 Å². The van der Waals surface area contributed by atoms with Gasteiger partial charge >= 0.3 is 0 Å². The second-order valence-corrected chi connectivity index (χ2v) is 2.80. The molecule has 4 nitrogen and oxygen atoms in total. The molecule has 0 aromatic carbocycles. The summed E-state index contributed by atoms with van der Waals surface area (Å²) in [7, 11) is 0. The van der Waals surface area contributed by atoms with Crippen LogP contribution in [0.1, 0.15) is 6.92 Å². The third-order valence-electron chi connectivity index (χ3n) is 1.93. The molecule has 11 heavy (non-hydrogen) atoms. The van der Waals surface area contributed by atoms with Crippen molar-refractivity contribution in [3.05, 3.63) is 5.92 Å². The standard InChI is InChI=1S/C7H15O4/c1-7(4-10,5-11)6(2-8)3-9/h8-11H,2-5H2,1H3. The van der Waals surface area contributed by atoms with E-state index in [1.807, 2.05) is 0 Å². The van der Waals surface area contributed by atoms with E-state index in [9.17, 15) is 0 Å². The van der Waals surface area contributed by atoms with Crippen molar-refractivity contribution >= 4 is 0 Å². The van der Waals surface area contributed by atoms with Gasteiger partial charge in [0.2, 0.25) is 0 Å². The first kappa shape index (κ1) is 10.8. The molecule has 0 saturated heterocycles. The highest BCUT2D eigenvalue weighted by molar-refractivity contribution is 5.04. The van der Waals surface area contributed by atoms with E-state index in [4.69, 9.17) is 20.4 Å². The van der Waals surface area contributed by atoms with E-state index in [0.717, 1.165) is 0 Å². The Balaban J connectivity index is 4.19. The summed E-state index contributed by atoms with van der Waals surface area (Å²) in [5.74, 6) is 0.350. The highest BCUT2D eigenvalue weighted by atomic mass is 16.3. The molecule has 0 heterocycles.